The van der Waals surface area contributed by atoms with Crippen LogP contribution in [-0.4, -0.2) is 69.0 Å². The fraction of sp³-hybridized carbons (Fsp3) is 0.938. The molecule has 2 N–H and O–H groups in total. The first-order valence-electron chi connectivity index (χ1n) is 8.68. The molecule has 1 amide bonds. The molecular weight excluding hydrogens is 394 g/mol. The number of rotatable bonds is 6. The number of piperidine rings is 2. The fourth-order valence-electron chi connectivity index (χ4n) is 3.59. The monoisotopic (exact) mass is 423 g/mol. The van der Waals surface area contributed by atoms with Gasteiger partial charge in [0.2, 0.25) is 0 Å². The van der Waals surface area contributed by atoms with E-state index in [1.807, 2.05) is 0 Å². The van der Waals surface area contributed by atoms with Crippen LogP contribution in [0.1, 0.15) is 32.1 Å². The largest absolute Gasteiger partial charge is 0.401 e. The quantitative estimate of drug-likeness (QED) is 0.688. The van der Waals surface area contributed by atoms with Crippen molar-refractivity contribution in [3.8, 4) is 0 Å². The molecular formula is C16H30Cl2F3N3O2. The molecule has 0 bridgehead atoms. The number of nitrogens with zero attached hydrogens (tertiary/aromatic N) is 1. The molecule has 0 saturated carbocycles. The van der Waals surface area contributed by atoms with E-state index in [0.29, 0.717) is 38.4 Å². The van der Waals surface area contributed by atoms with Crippen molar-refractivity contribution < 1.29 is 22.7 Å². The number of carbonyl (C=O) groups excluding carboxylic acids is 1. The number of carbonyl (C=O) groups is 1. The average molecular weight is 424 g/mol. The van der Waals surface area contributed by atoms with Gasteiger partial charge in [0, 0.05) is 13.7 Å². The van der Waals surface area contributed by atoms with Crippen molar-refractivity contribution in [2.75, 3.05) is 46.4 Å². The molecule has 0 radical (unpaired) electrons. The van der Waals surface area contributed by atoms with Gasteiger partial charge in [-0.3, -0.25) is 9.69 Å². The van der Waals surface area contributed by atoms with Gasteiger partial charge in [-0.15, -0.1) is 24.8 Å². The summed E-state index contributed by atoms with van der Waals surface area (Å²) in [7, 11) is 1.57. The van der Waals surface area contributed by atoms with Crippen LogP contribution in [0, 0.1) is 5.92 Å². The molecule has 2 rings (SSSR count). The molecule has 0 aromatic heterocycles. The van der Waals surface area contributed by atoms with Gasteiger partial charge >= 0.3 is 6.18 Å². The third-order valence-electron chi connectivity index (χ3n) is 5.16. The highest BCUT2D eigenvalue weighted by molar-refractivity contribution is 5.86. The lowest BCUT2D eigenvalue weighted by atomic mass is 9.90. The Bertz CT molecular complexity index is 414. The van der Waals surface area contributed by atoms with Crippen molar-refractivity contribution >= 4 is 30.7 Å². The zero-order valence-electron chi connectivity index (χ0n) is 15.1. The maximum atomic E-state index is 12.4. The van der Waals surface area contributed by atoms with Gasteiger partial charge in [-0.1, -0.05) is 0 Å². The van der Waals surface area contributed by atoms with Crippen LogP contribution in [0.4, 0.5) is 13.2 Å². The number of hydrogen-bond donors (Lipinski definition) is 2. The zero-order valence-corrected chi connectivity index (χ0v) is 16.7. The minimum Gasteiger partial charge on any atom is -0.368 e. The van der Waals surface area contributed by atoms with Crippen LogP contribution in [0.3, 0.4) is 0 Å². The van der Waals surface area contributed by atoms with Crippen LogP contribution in [0.15, 0.2) is 0 Å². The predicted octanol–water partition coefficient (Wildman–Crippen LogP) is 2.38. The van der Waals surface area contributed by atoms with E-state index in [4.69, 9.17) is 4.74 Å². The second kappa shape index (κ2) is 11.5. The molecule has 156 valence electrons. The number of methoxy groups -OCH3 is 1. The van der Waals surface area contributed by atoms with Gasteiger partial charge in [-0.05, 0) is 64.2 Å². The smallest absolute Gasteiger partial charge is 0.368 e. The Balaban J connectivity index is 0.00000312. The third kappa shape index (κ3) is 7.76. The first-order valence-corrected chi connectivity index (χ1v) is 8.68. The van der Waals surface area contributed by atoms with Gasteiger partial charge in [0.1, 0.15) is 5.60 Å². The molecule has 0 aromatic carbocycles. The van der Waals surface area contributed by atoms with E-state index in [-0.39, 0.29) is 30.7 Å². The molecule has 2 saturated heterocycles. The molecule has 0 aliphatic carbocycles. The lowest BCUT2D eigenvalue weighted by Gasteiger charge is -2.35. The van der Waals surface area contributed by atoms with Crippen molar-refractivity contribution in [1.82, 2.24) is 15.5 Å². The van der Waals surface area contributed by atoms with Crippen LogP contribution in [0.25, 0.3) is 0 Å². The number of halogens is 5. The maximum absolute atomic E-state index is 12.4. The molecule has 10 heteroatoms. The maximum Gasteiger partial charge on any atom is 0.401 e. The van der Waals surface area contributed by atoms with E-state index >= 15 is 0 Å². The predicted molar refractivity (Wildman–Crippen MR) is 99.2 cm³/mol. The van der Waals surface area contributed by atoms with Gasteiger partial charge in [0.05, 0.1) is 6.54 Å². The van der Waals surface area contributed by atoms with E-state index in [1.165, 1.54) is 4.90 Å². The summed E-state index contributed by atoms with van der Waals surface area (Å²) in [5, 5.41) is 6.17. The normalized spacial score (nSPS) is 21.4. The summed E-state index contributed by atoms with van der Waals surface area (Å²) < 4.78 is 42.6. The molecule has 0 spiro atoms. The number of amides is 1. The second-order valence-electron chi connectivity index (χ2n) is 6.83. The first-order chi connectivity index (χ1) is 11.3. The molecule has 2 heterocycles. The molecule has 5 nitrogen and oxygen atoms in total. The number of hydrogen-bond acceptors (Lipinski definition) is 4. The Hall–Kier alpha value is -0.280. The van der Waals surface area contributed by atoms with E-state index in [0.717, 1.165) is 32.4 Å². The van der Waals surface area contributed by atoms with Crippen molar-refractivity contribution in [1.29, 1.82) is 0 Å². The summed E-state index contributed by atoms with van der Waals surface area (Å²) in [6, 6.07) is 0. The summed E-state index contributed by atoms with van der Waals surface area (Å²) in [5.41, 5.74) is -0.735. The van der Waals surface area contributed by atoms with Crippen LogP contribution in [0.5, 0.6) is 0 Å². The van der Waals surface area contributed by atoms with Gasteiger partial charge in [0.25, 0.3) is 5.91 Å². The van der Waals surface area contributed by atoms with Crippen LogP contribution in [0.2, 0.25) is 0 Å². The highest BCUT2D eigenvalue weighted by Crippen LogP contribution is 2.25. The standard InChI is InChI=1S/C16H28F3N3O2.2ClH/c1-24-15(5-8-20-9-6-15)14(23)21-7-2-13-3-10-22(11-4-13)12-16(17,18)19;;/h13,20H,2-12H2,1H3,(H,21,23);2*1H. The fourth-order valence-corrected chi connectivity index (χ4v) is 3.59. The number of likely N-dealkylation sites (tertiary alicyclic amines) is 1. The van der Waals surface area contributed by atoms with Crippen LogP contribution >= 0.6 is 24.8 Å². The minimum absolute atomic E-state index is 0. The Kier molecular flexibility index (Phi) is 11.4. The summed E-state index contributed by atoms with van der Waals surface area (Å²) in [4.78, 5) is 13.9. The second-order valence-corrected chi connectivity index (χ2v) is 6.83. The number of alkyl halides is 3. The molecule has 2 fully saturated rings. The highest BCUT2D eigenvalue weighted by Gasteiger charge is 2.39. The topological polar surface area (TPSA) is 53.6 Å². The Morgan fingerprint density at radius 3 is 2.31 bits per heavy atom. The SMILES string of the molecule is COC1(C(=O)NCCC2CCN(CC(F)(F)F)CC2)CCNCC1.Cl.Cl. The van der Waals surface area contributed by atoms with E-state index < -0.39 is 18.3 Å². The molecule has 2 aliphatic heterocycles. The summed E-state index contributed by atoms with van der Waals surface area (Å²) in [6.45, 7) is 2.22. The van der Waals surface area contributed by atoms with E-state index in [2.05, 4.69) is 10.6 Å². The van der Waals surface area contributed by atoms with Crippen molar-refractivity contribution in [2.45, 2.75) is 43.9 Å². The highest BCUT2D eigenvalue weighted by atomic mass is 35.5. The lowest BCUT2D eigenvalue weighted by Crippen LogP contribution is -2.54. The number of ether oxygens (including phenoxy) is 1. The van der Waals surface area contributed by atoms with E-state index in [9.17, 15) is 18.0 Å². The van der Waals surface area contributed by atoms with Crippen LogP contribution in [-0.2, 0) is 9.53 Å². The van der Waals surface area contributed by atoms with Crippen molar-refractivity contribution in [2.24, 2.45) is 5.92 Å². The van der Waals surface area contributed by atoms with Gasteiger partial charge in [0.15, 0.2) is 0 Å². The summed E-state index contributed by atoms with van der Waals surface area (Å²) >= 11 is 0. The van der Waals surface area contributed by atoms with Gasteiger partial charge in [-0.2, -0.15) is 13.2 Å². The van der Waals surface area contributed by atoms with Crippen molar-refractivity contribution in [3.63, 3.8) is 0 Å². The molecule has 2 aliphatic rings. The molecule has 0 aromatic rings. The average Bonchev–Trinajstić information content (AvgIpc) is 2.55. The van der Waals surface area contributed by atoms with Gasteiger partial charge in [-0.25, -0.2) is 0 Å². The molecule has 26 heavy (non-hydrogen) atoms. The minimum atomic E-state index is -4.12. The number of nitrogens with one attached hydrogen (secondary N) is 2. The lowest BCUT2D eigenvalue weighted by molar-refractivity contribution is -0.149. The third-order valence-corrected chi connectivity index (χ3v) is 5.16. The molecule has 0 unspecified atom stereocenters. The summed E-state index contributed by atoms with van der Waals surface area (Å²) in [6.07, 6.45) is -0.485. The van der Waals surface area contributed by atoms with E-state index in [1.54, 1.807) is 7.11 Å². The zero-order chi connectivity index (χ0) is 17.6. The van der Waals surface area contributed by atoms with Crippen molar-refractivity contribution in [3.05, 3.63) is 0 Å². The van der Waals surface area contributed by atoms with Gasteiger partial charge < -0.3 is 15.4 Å². The first kappa shape index (κ1) is 25.7. The Morgan fingerprint density at radius 1 is 1.23 bits per heavy atom. The Morgan fingerprint density at radius 2 is 1.81 bits per heavy atom. The Labute approximate surface area is 165 Å². The van der Waals surface area contributed by atoms with Crippen LogP contribution < -0.4 is 10.6 Å². The summed E-state index contributed by atoms with van der Waals surface area (Å²) in [5.74, 6) is 0.308. The molecule has 0 atom stereocenters.